The zero-order chi connectivity index (χ0) is 21.3. The second-order valence-electron chi connectivity index (χ2n) is 8.51. The van der Waals surface area contributed by atoms with Crippen LogP contribution in [-0.2, 0) is 6.42 Å². The number of nitrogens with zero attached hydrogens (tertiary/aromatic N) is 1. The number of ether oxygens (including phenoxy) is 1. The van der Waals surface area contributed by atoms with Crippen LogP contribution in [0.3, 0.4) is 0 Å². The van der Waals surface area contributed by atoms with E-state index in [1.165, 1.54) is 5.56 Å². The monoisotopic (exact) mass is 411 g/mol. The van der Waals surface area contributed by atoms with Crippen molar-refractivity contribution >= 4 is 12.2 Å². The first kappa shape index (κ1) is 19.6. The Balaban J connectivity index is 1.28. The topological polar surface area (TPSA) is 46.6 Å². The molecule has 0 atom stereocenters. The summed E-state index contributed by atoms with van der Waals surface area (Å²) in [5, 5.41) is 0. The Bertz CT molecular complexity index is 1100. The lowest BCUT2D eigenvalue weighted by Crippen LogP contribution is -2.51. The SMILES string of the molecule is O=Cc1ccc(-c2ccc3c(c2)CCC2(CCN(C(=O)c4ccccc4)CC2)O3)cc1. The van der Waals surface area contributed by atoms with Crippen LogP contribution >= 0.6 is 0 Å². The summed E-state index contributed by atoms with van der Waals surface area (Å²) in [5.74, 6) is 1.07. The Labute approximate surface area is 182 Å². The minimum Gasteiger partial charge on any atom is -0.487 e. The molecule has 156 valence electrons. The molecular weight excluding hydrogens is 386 g/mol. The van der Waals surface area contributed by atoms with Crippen molar-refractivity contribution in [2.24, 2.45) is 0 Å². The van der Waals surface area contributed by atoms with Crippen LogP contribution in [0.15, 0.2) is 72.8 Å². The molecule has 0 saturated carbocycles. The minimum atomic E-state index is -0.173. The van der Waals surface area contributed by atoms with E-state index >= 15 is 0 Å². The van der Waals surface area contributed by atoms with Crippen molar-refractivity contribution < 1.29 is 14.3 Å². The van der Waals surface area contributed by atoms with Gasteiger partial charge in [-0.15, -0.1) is 0 Å². The Hall–Kier alpha value is -3.40. The van der Waals surface area contributed by atoms with Gasteiger partial charge in [0.05, 0.1) is 0 Å². The molecule has 1 saturated heterocycles. The standard InChI is InChI=1S/C27H25NO3/c29-19-20-6-8-21(9-7-20)23-10-11-25-24(18-23)12-13-27(31-25)14-16-28(17-15-27)26(30)22-4-2-1-3-5-22/h1-11,18-19H,12-17H2. The zero-order valence-corrected chi connectivity index (χ0v) is 17.4. The number of aryl methyl sites for hydroxylation is 1. The lowest BCUT2D eigenvalue weighted by atomic mass is 9.82. The van der Waals surface area contributed by atoms with Crippen LogP contribution in [0.25, 0.3) is 11.1 Å². The summed E-state index contributed by atoms with van der Waals surface area (Å²) in [5.41, 5.74) is 4.73. The van der Waals surface area contributed by atoms with Crippen LogP contribution in [0.4, 0.5) is 0 Å². The van der Waals surface area contributed by atoms with E-state index in [9.17, 15) is 9.59 Å². The molecule has 3 aromatic rings. The van der Waals surface area contributed by atoms with Gasteiger partial charge in [0.15, 0.2) is 0 Å². The van der Waals surface area contributed by atoms with Crippen LogP contribution < -0.4 is 4.74 Å². The number of rotatable bonds is 3. The fraction of sp³-hybridized carbons (Fsp3) is 0.259. The average molecular weight is 412 g/mol. The fourth-order valence-electron chi connectivity index (χ4n) is 4.69. The number of fused-ring (bicyclic) bond motifs is 1. The predicted octanol–water partition coefficient (Wildman–Crippen LogP) is 5.17. The molecule has 2 aliphatic heterocycles. The number of amides is 1. The molecule has 1 spiro atoms. The molecule has 0 bridgehead atoms. The number of carbonyl (C=O) groups excluding carboxylic acids is 2. The normalized spacial score (nSPS) is 17.0. The van der Waals surface area contributed by atoms with Gasteiger partial charge in [0.1, 0.15) is 17.6 Å². The average Bonchev–Trinajstić information content (AvgIpc) is 2.84. The molecule has 0 aromatic heterocycles. The van der Waals surface area contributed by atoms with Gasteiger partial charge in [0.25, 0.3) is 5.91 Å². The maximum Gasteiger partial charge on any atom is 0.253 e. The highest BCUT2D eigenvalue weighted by atomic mass is 16.5. The zero-order valence-electron chi connectivity index (χ0n) is 17.4. The molecule has 2 heterocycles. The largest absolute Gasteiger partial charge is 0.487 e. The lowest BCUT2D eigenvalue weighted by molar-refractivity contribution is -0.0106. The molecule has 2 aliphatic rings. The van der Waals surface area contributed by atoms with Gasteiger partial charge in [-0.3, -0.25) is 9.59 Å². The molecule has 31 heavy (non-hydrogen) atoms. The van der Waals surface area contributed by atoms with Crippen LogP contribution in [0.2, 0.25) is 0 Å². The van der Waals surface area contributed by atoms with E-state index in [4.69, 9.17) is 4.74 Å². The Morgan fingerprint density at radius 2 is 1.58 bits per heavy atom. The van der Waals surface area contributed by atoms with Gasteiger partial charge >= 0.3 is 0 Å². The highest BCUT2D eigenvalue weighted by molar-refractivity contribution is 5.94. The smallest absolute Gasteiger partial charge is 0.253 e. The van der Waals surface area contributed by atoms with Crippen molar-refractivity contribution in [3.8, 4) is 16.9 Å². The van der Waals surface area contributed by atoms with Gasteiger partial charge in [-0.25, -0.2) is 0 Å². The maximum absolute atomic E-state index is 12.7. The molecule has 0 unspecified atom stereocenters. The van der Waals surface area contributed by atoms with E-state index in [-0.39, 0.29) is 11.5 Å². The molecule has 4 heteroatoms. The van der Waals surface area contributed by atoms with E-state index in [2.05, 4.69) is 18.2 Å². The minimum absolute atomic E-state index is 0.108. The highest BCUT2D eigenvalue weighted by Gasteiger charge is 2.40. The molecule has 0 aliphatic carbocycles. The fourth-order valence-corrected chi connectivity index (χ4v) is 4.69. The quantitative estimate of drug-likeness (QED) is 0.559. The number of benzene rings is 3. The first-order chi connectivity index (χ1) is 15.2. The van der Waals surface area contributed by atoms with Gasteiger partial charge in [-0.05, 0) is 53.8 Å². The molecule has 0 radical (unpaired) electrons. The summed E-state index contributed by atoms with van der Waals surface area (Å²) in [6, 6.07) is 23.5. The van der Waals surface area contributed by atoms with Gasteiger partial charge < -0.3 is 9.64 Å². The third-order valence-corrected chi connectivity index (χ3v) is 6.60. The van der Waals surface area contributed by atoms with E-state index in [0.29, 0.717) is 5.56 Å². The Morgan fingerprint density at radius 3 is 2.29 bits per heavy atom. The van der Waals surface area contributed by atoms with E-state index in [1.807, 2.05) is 59.5 Å². The molecule has 1 fully saturated rings. The van der Waals surface area contributed by atoms with E-state index in [0.717, 1.165) is 67.5 Å². The van der Waals surface area contributed by atoms with Gasteiger partial charge in [-0.2, -0.15) is 0 Å². The van der Waals surface area contributed by atoms with Crippen LogP contribution in [0.1, 0.15) is 45.5 Å². The number of aldehydes is 1. The number of piperidine rings is 1. The van der Waals surface area contributed by atoms with Crippen molar-refractivity contribution in [1.29, 1.82) is 0 Å². The van der Waals surface area contributed by atoms with E-state index in [1.54, 1.807) is 0 Å². The number of hydrogen-bond acceptors (Lipinski definition) is 3. The predicted molar refractivity (Wildman–Crippen MR) is 121 cm³/mol. The molecule has 0 N–H and O–H groups in total. The van der Waals surface area contributed by atoms with Gasteiger partial charge in [0, 0.05) is 37.1 Å². The summed E-state index contributed by atoms with van der Waals surface area (Å²) in [7, 11) is 0. The summed E-state index contributed by atoms with van der Waals surface area (Å²) in [6.07, 6.45) is 4.53. The lowest BCUT2D eigenvalue weighted by Gasteiger charge is -2.44. The molecule has 3 aromatic carbocycles. The van der Waals surface area contributed by atoms with E-state index < -0.39 is 0 Å². The molecule has 5 rings (SSSR count). The molecular formula is C27H25NO3. The summed E-state index contributed by atoms with van der Waals surface area (Å²) >= 11 is 0. The van der Waals surface area contributed by atoms with Crippen molar-refractivity contribution in [3.63, 3.8) is 0 Å². The number of hydrogen-bond donors (Lipinski definition) is 0. The Morgan fingerprint density at radius 1 is 0.871 bits per heavy atom. The van der Waals surface area contributed by atoms with Crippen molar-refractivity contribution in [1.82, 2.24) is 4.90 Å². The summed E-state index contributed by atoms with van der Waals surface area (Å²) < 4.78 is 6.54. The van der Waals surface area contributed by atoms with Crippen molar-refractivity contribution in [3.05, 3.63) is 89.5 Å². The van der Waals surface area contributed by atoms with Crippen molar-refractivity contribution in [2.45, 2.75) is 31.3 Å². The van der Waals surface area contributed by atoms with Crippen molar-refractivity contribution in [2.75, 3.05) is 13.1 Å². The number of carbonyl (C=O) groups is 2. The second kappa shape index (κ2) is 8.03. The maximum atomic E-state index is 12.7. The first-order valence-electron chi connectivity index (χ1n) is 10.9. The molecule has 1 amide bonds. The van der Waals surface area contributed by atoms with Crippen LogP contribution in [0.5, 0.6) is 5.75 Å². The third kappa shape index (κ3) is 3.86. The highest BCUT2D eigenvalue weighted by Crippen LogP contribution is 2.41. The Kier molecular flexibility index (Phi) is 5.06. The van der Waals surface area contributed by atoms with Gasteiger partial charge in [0.2, 0.25) is 0 Å². The third-order valence-electron chi connectivity index (χ3n) is 6.60. The second-order valence-corrected chi connectivity index (χ2v) is 8.51. The summed E-state index contributed by atoms with van der Waals surface area (Å²) in [4.78, 5) is 25.6. The molecule has 4 nitrogen and oxygen atoms in total. The van der Waals surface area contributed by atoms with Crippen LogP contribution in [0, 0.1) is 0 Å². The van der Waals surface area contributed by atoms with Gasteiger partial charge in [-0.1, -0.05) is 48.5 Å². The first-order valence-corrected chi connectivity index (χ1v) is 10.9. The summed E-state index contributed by atoms with van der Waals surface area (Å²) in [6.45, 7) is 1.45. The van der Waals surface area contributed by atoms with Crippen LogP contribution in [-0.4, -0.2) is 35.8 Å². The number of likely N-dealkylation sites (tertiary alicyclic amines) is 1.